The van der Waals surface area contributed by atoms with Gasteiger partial charge >= 0.3 is 0 Å². The molecule has 208 valence electrons. The van der Waals surface area contributed by atoms with Gasteiger partial charge in [0.25, 0.3) is 0 Å². The minimum absolute atomic E-state index is 0. The van der Waals surface area contributed by atoms with E-state index >= 15 is 0 Å². The first-order valence-corrected chi connectivity index (χ1v) is 12.4. The average molecular weight is 572 g/mol. The highest BCUT2D eigenvalue weighted by Crippen LogP contribution is 2.27. The molecular formula is C29H35Cl2F3N2O2. The van der Waals surface area contributed by atoms with Crippen molar-refractivity contribution in [3.63, 3.8) is 0 Å². The molecule has 1 N–H and O–H groups in total. The molecule has 0 bridgehead atoms. The summed E-state index contributed by atoms with van der Waals surface area (Å²) < 4.78 is 46.3. The summed E-state index contributed by atoms with van der Waals surface area (Å²) in [5, 5.41) is 10.8. The molecule has 1 aliphatic heterocycles. The second kappa shape index (κ2) is 14.9. The van der Waals surface area contributed by atoms with Crippen molar-refractivity contribution >= 4 is 24.8 Å². The Kier molecular flexibility index (Phi) is 12.6. The normalized spacial score (nSPS) is 15.9. The van der Waals surface area contributed by atoms with Crippen LogP contribution < -0.4 is 0 Å². The van der Waals surface area contributed by atoms with Crippen molar-refractivity contribution in [2.45, 2.75) is 25.0 Å². The molecule has 1 atom stereocenters. The lowest BCUT2D eigenvalue weighted by Crippen LogP contribution is -2.48. The van der Waals surface area contributed by atoms with E-state index in [1.807, 2.05) is 0 Å². The van der Waals surface area contributed by atoms with Gasteiger partial charge in [-0.25, -0.2) is 13.2 Å². The average Bonchev–Trinajstić information content (AvgIpc) is 2.88. The number of piperazine rings is 1. The fourth-order valence-electron chi connectivity index (χ4n) is 4.53. The zero-order valence-corrected chi connectivity index (χ0v) is 23.0. The van der Waals surface area contributed by atoms with Crippen molar-refractivity contribution in [2.24, 2.45) is 0 Å². The van der Waals surface area contributed by atoms with Gasteiger partial charge in [0.05, 0.1) is 12.2 Å². The molecule has 38 heavy (non-hydrogen) atoms. The van der Waals surface area contributed by atoms with Gasteiger partial charge in [0.2, 0.25) is 0 Å². The standard InChI is InChI=1S/C29H33F3N2O2.2ClH/c1-29(35,24-6-12-27(32)13-7-24)14-15-33-16-18-34(19-17-33)20-21-36-28(22-2-8-25(30)9-3-22)23-4-10-26(31)11-5-23;;/h2-13,28,35H,14-21H2,1H3;2*1H. The van der Waals surface area contributed by atoms with Crippen LogP contribution in [0.3, 0.4) is 0 Å². The van der Waals surface area contributed by atoms with Crippen LogP contribution in [-0.2, 0) is 10.3 Å². The Bertz CT molecular complexity index is 1050. The van der Waals surface area contributed by atoms with Gasteiger partial charge in [0.15, 0.2) is 0 Å². The molecule has 0 saturated carbocycles. The number of ether oxygens (including phenoxy) is 1. The van der Waals surface area contributed by atoms with Crippen molar-refractivity contribution < 1.29 is 23.0 Å². The van der Waals surface area contributed by atoms with Gasteiger partial charge in [0, 0.05) is 39.3 Å². The molecule has 1 heterocycles. The van der Waals surface area contributed by atoms with Crippen LogP contribution in [-0.4, -0.2) is 60.8 Å². The fourth-order valence-corrected chi connectivity index (χ4v) is 4.53. The second-order valence-electron chi connectivity index (χ2n) is 9.57. The first-order chi connectivity index (χ1) is 17.3. The molecular weight excluding hydrogens is 536 g/mol. The smallest absolute Gasteiger partial charge is 0.123 e. The van der Waals surface area contributed by atoms with Crippen LogP contribution in [0.15, 0.2) is 72.8 Å². The van der Waals surface area contributed by atoms with Gasteiger partial charge in [-0.05, 0) is 66.4 Å². The third kappa shape index (κ3) is 8.97. The monoisotopic (exact) mass is 570 g/mol. The zero-order valence-electron chi connectivity index (χ0n) is 21.4. The Morgan fingerprint density at radius 1 is 0.711 bits per heavy atom. The lowest BCUT2D eigenvalue weighted by atomic mass is 9.92. The Hall–Kier alpha value is -2.13. The molecule has 1 unspecified atom stereocenters. The number of hydrogen-bond acceptors (Lipinski definition) is 4. The van der Waals surface area contributed by atoms with Gasteiger partial charge in [-0.3, -0.25) is 4.90 Å². The fraction of sp³-hybridized carbons (Fsp3) is 0.379. The number of benzene rings is 3. The molecule has 4 nitrogen and oxygen atoms in total. The van der Waals surface area contributed by atoms with Gasteiger partial charge in [-0.15, -0.1) is 24.8 Å². The van der Waals surface area contributed by atoms with E-state index < -0.39 is 11.7 Å². The Labute approximate surface area is 235 Å². The van der Waals surface area contributed by atoms with E-state index in [2.05, 4.69) is 9.80 Å². The predicted octanol–water partition coefficient (Wildman–Crippen LogP) is 5.97. The highest BCUT2D eigenvalue weighted by atomic mass is 35.5. The summed E-state index contributed by atoms with van der Waals surface area (Å²) in [7, 11) is 0. The molecule has 1 fully saturated rings. The maximum Gasteiger partial charge on any atom is 0.123 e. The molecule has 0 aliphatic carbocycles. The SMILES string of the molecule is CC(O)(CCN1CCN(CCOC(c2ccc(F)cc2)c2ccc(F)cc2)CC1)c1ccc(F)cc1.Cl.Cl. The molecule has 4 rings (SSSR count). The first kappa shape index (κ1) is 32.1. The Morgan fingerprint density at radius 2 is 1.11 bits per heavy atom. The van der Waals surface area contributed by atoms with Crippen LogP contribution in [0.5, 0.6) is 0 Å². The number of halogens is 5. The van der Waals surface area contributed by atoms with Crippen molar-refractivity contribution in [2.75, 3.05) is 45.9 Å². The lowest BCUT2D eigenvalue weighted by molar-refractivity contribution is 0.0212. The minimum Gasteiger partial charge on any atom is -0.385 e. The van der Waals surface area contributed by atoms with E-state index in [0.717, 1.165) is 56.0 Å². The topological polar surface area (TPSA) is 35.9 Å². The summed E-state index contributed by atoms with van der Waals surface area (Å²) in [6.07, 6.45) is 0.167. The van der Waals surface area contributed by atoms with E-state index in [4.69, 9.17) is 4.74 Å². The Morgan fingerprint density at radius 3 is 1.55 bits per heavy atom. The summed E-state index contributed by atoms with van der Waals surface area (Å²) in [4.78, 5) is 4.66. The van der Waals surface area contributed by atoms with Crippen molar-refractivity contribution in [1.29, 1.82) is 0 Å². The van der Waals surface area contributed by atoms with Gasteiger partial charge in [-0.2, -0.15) is 0 Å². The summed E-state index contributed by atoms with van der Waals surface area (Å²) in [5.41, 5.74) is 1.35. The molecule has 9 heteroatoms. The number of aliphatic hydroxyl groups is 1. The van der Waals surface area contributed by atoms with Gasteiger partial charge in [0.1, 0.15) is 23.6 Å². The first-order valence-electron chi connectivity index (χ1n) is 12.4. The van der Waals surface area contributed by atoms with Crippen molar-refractivity contribution in [3.05, 3.63) is 107 Å². The quantitative estimate of drug-likeness (QED) is 0.326. The summed E-state index contributed by atoms with van der Waals surface area (Å²) in [6.45, 7) is 7.31. The maximum absolute atomic E-state index is 13.4. The van der Waals surface area contributed by atoms with Crippen LogP contribution in [0.2, 0.25) is 0 Å². The van der Waals surface area contributed by atoms with Gasteiger partial charge < -0.3 is 14.7 Å². The van der Waals surface area contributed by atoms with E-state index in [1.165, 1.54) is 36.4 Å². The van der Waals surface area contributed by atoms with Crippen molar-refractivity contribution in [3.8, 4) is 0 Å². The third-order valence-electron chi connectivity index (χ3n) is 6.88. The third-order valence-corrected chi connectivity index (χ3v) is 6.88. The number of hydrogen-bond donors (Lipinski definition) is 1. The molecule has 0 spiro atoms. The zero-order chi connectivity index (χ0) is 25.5. The molecule has 3 aromatic rings. The molecule has 1 saturated heterocycles. The maximum atomic E-state index is 13.4. The lowest BCUT2D eigenvalue weighted by Gasteiger charge is -2.36. The predicted molar refractivity (Wildman–Crippen MR) is 149 cm³/mol. The van der Waals surface area contributed by atoms with Crippen LogP contribution in [0.1, 0.15) is 36.1 Å². The highest BCUT2D eigenvalue weighted by molar-refractivity contribution is 5.85. The van der Waals surface area contributed by atoms with E-state index in [0.29, 0.717) is 13.0 Å². The number of nitrogens with zero attached hydrogens (tertiary/aromatic N) is 2. The van der Waals surface area contributed by atoms with Crippen LogP contribution >= 0.6 is 24.8 Å². The van der Waals surface area contributed by atoms with E-state index in [-0.39, 0.29) is 42.3 Å². The molecule has 0 amide bonds. The summed E-state index contributed by atoms with van der Waals surface area (Å²) in [5.74, 6) is -0.932. The van der Waals surface area contributed by atoms with E-state index in [1.54, 1.807) is 43.3 Å². The molecule has 1 aliphatic rings. The van der Waals surface area contributed by atoms with Crippen LogP contribution in [0.25, 0.3) is 0 Å². The van der Waals surface area contributed by atoms with Crippen molar-refractivity contribution in [1.82, 2.24) is 9.80 Å². The number of rotatable bonds is 10. The minimum atomic E-state index is -1.01. The Balaban J connectivity index is 0.00000253. The van der Waals surface area contributed by atoms with Crippen LogP contribution in [0, 0.1) is 17.5 Å². The van der Waals surface area contributed by atoms with Crippen LogP contribution in [0.4, 0.5) is 13.2 Å². The molecule has 0 radical (unpaired) electrons. The molecule has 0 aromatic heterocycles. The summed E-state index contributed by atoms with van der Waals surface area (Å²) >= 11 is 0. The summed E-state index contributed by atoms with van der Waals surface area (Å²) in [6, 6.07) is 18.4. The molecule has 3 aromatic carbocycles. The van der Waals surface area contributed by atoms with E-state index in [9.17, 15) is 18.3 Å². The largest absolute Gasteiger partial charge is 0.385 e. The highest BCUT2D eigenvalue weighted by Gasteiger charge is 2.25. The second-order valence-corrected chi connectivity index (χ2v) is 9.57. The van der Waals surface area contributed by atoms with Gasteiger partial charge in [-0.1, -0.05) is 36.4 Å².